The van der Waals surface area contributed by atoms with Crippen LogP contribution in [-0.4, -0.2) is 27.7 Å². The number of nitrogens with one attached hydrogen (secondary N) is 1. The molecule has 0 atom stereocenters. The van der Waals surface area contributed by atoms with Crippen LogP contribution in [0.4, 0.5) is 13.2 Å². The summed E-state index contributed by atoms with van der Waals surface area (Å²) < 4.78 is 61.0. The summed E-state index contributed by atoms with van der Waals surface area (Å²) in [6, 6.07) is 3.89. The molecule has 0 fully saturated rings. The fourth-order valence-corrected chi connectivity index (χ4v) is 2.45. The lowest BCUT2D eigenvalue weighted by molar-refractivity contribution is -0.121. The van der Waals surface area contributed by atoms with Crippen LogP contribution in [0, 0.1) is 18.8 Å². The molecule has 1 aromatic rings. The zero-order valence-corrected chi connectivity index (χ0v) is 11.4. The summed E-state index contributed by atoms with van der Waals surface area (Å²) in [6.07, 6.45) is -4.60. The Balaban J connectivity index is 3.00. The van der Waals surface area contributed by atoms with Crippen molar-refractivity contribution in [3.63, 3.8) is 0 Å². The number of benzene rings is 1. The van der Waals surface area contributed by atoms with Gasteiger partial charge in [0.2, 0.25) is 10.0 Å². The van der Waals surface area contributed by atoms with Gasteiger partial charge in [-0.1, -0.05) is 11.8 Å². The first-order chi connectivity index (χ1) is 9.15. The molecule has 0 saturated heterocycles. The lowest BCUT2D eigenvalue weighted by atomic mass is 10.1. The molecule has 0 aliphatic rings. The van der Waals surface area contributed by atoms with Crippen molar-refractivity contribution in [2.24, 2.45) is 5.73 Å². The van der Waals surface area contributed by atoms with E-state index in [1.54, 1.807) is 6.92 Å². The molecule has 0 aliphatic heterocycles. The summed E-state index contributed by atoms with van der Waals surface area (Å²) >= 11 is 0. The molecule has 0 aliphatic carbocycles. The zero-order chi connectivity index (χ0) is 15.4. The molecule has 4 nitrogen and oxygen atoms in total. The number of aryl methyl sites for hydroxylation is 1. The van der Waals surface area contributed by atoms with Crippen molar-refractivity contribution < 1.29 is 21.6 Å². The first-order valence-electron chi connectivity index (χ1n) is 5.52. The van der Waals surface area contributed by atoms with Crippen LogP contribution in [0.25, 0.3) is 0 Å². The van der Waals surface area contributed by atoms with Crippen LogP contribution in [0.2, 0.25) is 0 Å². The molecule has 1 aromatic carbocycles. The molecule has 3 N–H and O–H groups in total. The van der Waals surface area contributed by atoms with Gasteiger partial charge in [-0.05, 0) is 30.7 Å². The molecule has 0 radical (unpaired) electrons. The minimum absolute atomic E-state index is 0.159. The average Bonchev–Trinajstić information content (AvgIpc) is 2.34. The molecule has 0 aromatic heterocycles. The van der Waals surface area contributed by atoms with Crippen molar-refractivity contribution in [2.45, 2.75) is 18.0 Å². The second-order valence-electron chi connectivity index (χ2n) is 3.92. The number of rotatable bonds is 3. The molecule has 20 heavy (non-hydrogen) atoms. The molecule has 0 amide bonds. The van der Waals surface area contributed by atoms with Crippen LogP contribution in [0.15, 0.2) is 23.1 Å². The van der Waals surface area contributed by atoms with Crippen LogP contribution >= 0.6 is 0 Å². The number of hydrogen-bond donors (Lipinski definition) is 2. The highest BCUT2D eigenvalue weighted by atomic mass is 32.2. The molecule has 0 bridgehead atoms. The third-order valence-electron chi connectivity index (χ3n) is 2.30. The Bertz CT molecular complexity index is 643. The van der Waals surface area contributed by atoms with E-state index >= 15 is 0 Å². The highest BCUT2D eigenvalue weighted by Crippen LogP contribution is 2.17. The first-order valence-corrected chi connectivity index (χ1v) is 7.00. The van der Waals surface area contributed by atoms with Gasteiger partial charge in [-0.2, -0.15) is 13.2 Å². The second kappa shape index (κ2) is 6.26. The van der Waals surface area contributed by atoms with Crippen LogP contribution in [-0.2, 0) is 10.0 Å². The van der Waals surface area contributed by atoms with Gasteiger partial charge >= 0.3 is 6.18 Å². The van der Waals surface area contributed by atoms with Crippen molar-refractivity contribution in [2.75, 3.05) is 13.1 Å². The summed E-state index contributed by atoms with van der Waals surface area (Å²) in [5.41, 5.74) is 6.34. The maximum atomic E-state index is 12.0. The van der Waals surface area contributed by atoms with Gasteiger partial charge in [0.25, 0.3) is 0 Å². The first kappa shape index (κ1) is 16.5. The summed E-state index contributed by atoms with van der Waals surface area (Å²) in [6.45, 7) is 0.166. The lowest BCUT2D eigenvalue weighted by Crippen LogP contribution is -2.33. The minimum Gasteiger partial charge on any atom is -0.320 e. The topological polar surface area (TPSA) is 72.2 Å². The molecular weight excluding hydrogens is 293 g/mol. The third kappa shape index (κ3) is 4.85. The Morgan fingerprint density at radius 2 is 2.00 bits per heavy atom. The smallest absolute Gasteiger partial charge is 0.320 e. The average molecular weight is 306 g/mol. The highest BCUT2D eigenvalue weighted by Gasteiger charge is 2.30. The highest BCUT2D eigenvalue weighted by molar-refractivity contribution is 7.89. The van der Waals surface area contributed by atoms with Gasteiger partial charge < -0.3 is 5.73 Å². The summed E-state index contributed by atoms with van der Waals surface area (Å²) in [4.78, 5) is -0.238. The van der Waals surface area contributed by atoms with Gasteiger partial charge in [0.05, 0.1) is 11.4 Å². The Labute approximate surface area is 115 Å². The van der Waals surface area contributed by atoms with Crippen LogP contribution in [0.1, 0.15) is 11.1 Å². The van der Waals surface area contributed by atoms with E-state index in [4.69, 9.17) is 5.73 Å². The van der Waals surface area contributed by atoms with E-state index in [0.29, 0.717) is 11.1 Å². The van der Waals surface area contributed by atoms with Gasteiger partial charge in [-0.25, -0.2) is 13.1 Å². The fraction of sp³-hybridized carbons (Fsp3) is 0.333. The normalized spacial score (nSPS) is 11.8. The molecule has 1 rings (SSSR count). The lowest BCUT2D eigenvalue weighted by Gasteiger charge is -2.10. The number of alkyl halides is 3. The number of sulfonamides is 1. The van der Waals surface area contributed by atoms with E-state index in [-0.39, 0.29) is 11.4 Å². The molecule has 0 spiro atoms. The van der Waals surface area contributed by atoms with Gasteiger partial charge in [0, 0.05) is 5.56 Å². The molecule has 8 heteroatoms. The Kier molecular flexibility index (Phi) is 5.16. The number of nitrogens with two attached hydrogens (primary N) is 1. The number of hydrogen-bond acceptors (Lipinski definition) is 3. The Hall–Kier alpha value is -1.56. The molecular formula is C12H13F3N2O2S. The number of halogens is 3. The molecule has 110 valence electrons. The largest absolute Gasteiger partial charge is 0.402 e. The quantitative estimate of drug-likeness (QED) is 0.823. The standard InChI is InChI=1S/C12H13F3N2O2S/c1-9-7-11(5-4-10(9)3-2-6-16)20(18,19)17-8-12(13,14)15/h4-5,7,17H,6,8,16H2,1H3. The fourth-order valence-electron chi connectivity index (χ4n) is 1.35. The summed E-state index contributed by atoms with van der Waals surface area (Å²) in [5.74, 6) is 5.35. The van der Waals surface area contributed by atoms with E-state index in [1.807, 2.05) is 0 Å². The van der Waals surface area contributed by atoms with Crippen LogP contribution < -0.4 is 10.5 Å². The van der Waals surface area contributed by atoms with Crippen molar-refractivity contribution in [1.82, 2.24) is 4.72 Å². The molecule has 0 unspecified atom stereocenters. The van der Waals surface area contributed by atoms with Crippen molar-refractivity contribution >= 4 is 10.0 Å². The monoisotopic (exact) mass is 306 g/mol. The van der Waals surface area contributed by atoms with Crippen LogP contribution in [0.3, 0.4) is 0 Å². The predicted octanol–water partition coefficient (Wildman–Crippen LogP) is 1.15. The maximum absolute atomic E-state index is 12.0. The zero-order valence-electron chi connectivity index (χ0n) is 10.6. The second-order valence-corrected chi connectivity index (χ2v) is 5.69. The third-order valence-corrected chi connectivity index (χ3v) is 3.69. The minimum atomic E-state index is -4.60. The Morgan fingerprint density at radius 3 is 2.50 bits per heavy atom. The van der Waals surface area contributed by atoms with E-state index in [9.17, 15) is 21.6 Å². The van der Waals surface area contributed by atoms with Gasteiger partial charge in [0.15, 0.2) is 0 Å². The van der Waals surface area contributed by atoms with E-state index in [2.05, 4.69) is 11.8 Å². The van der Waals surface area contributed by atoms with Crippen molar-refractivity contribution in [1.29, 1.82) is 0 Å². The van der Waals surface area contributed by atoms with Crippen LogP contribution in [0.5, 0.6) is 0 Å². The SMILES string of the molecule is Cc1cc(S(=O)(=O)NCC(F)(F)F)ccc1C#CCN. The van der Waals surface area contributed by atoms with Gasteiger partial charge in [0.1, 0.15) is 6.54 Å². The Morgan fingerprint density at radius 1 is 1.35 bits per heavy atom. The van der Waals surface area contributed by atoms with Crippen molar-refractivity contribution in [3.8, 4) is 11.8 Å². The maximum Gasteiger partial charge on any atom is 0.402 e. The van der Waals surface area contributed by atoms with Gasteiger partial charge in [-0.15, -0.1) is 0 Å². The summed E-state index contributed by atoms with van der Waals surface area (Å²) in [7, 11) is -4.20. The molecule has 0 saturated carbocycles. The van der Waals surface area contributed by atoms with Gasteiger partial charge in [-0.3, -0.25) is 0 Å². The summed E-state index contributed by atoms with van der Waals surface area (Å²) in [5, 5.41) is 0. The predicted molar refractivity (Wildman–Crippen MR) is 68.4 cm³/mol. The van der Waals surface area contributed by atoms with Crippen molar-refractivity contribution in [3.05, 3.63) is 29.3 Å². The van der Waals surface area contributed by atoms with E-state index in [0.717, 1.165) is 0 Å². The van der Waals surface area contributed by atoms with E-state index < -0.39 is 22.7 Å². The van der Waals surface area contributed by atoms with E-state index in [1.165, 1.54) is 22.9 Å². The molecule has 0 heterocycles.